The van der Waals surface area contributed by atoms with Gasteiger partial charge in [-0.25, -0.2) is 4.79 Å². The van der Waals surface area contributed by atoms with Crippen molar-refractivity contribution >= 4 is 35.2 Å². The van der Waals surface area contributed by atoms with E-state index in [0.717, 1.165) is 0 Å². The number of carbonyl (C=O) groups is 3. The third kappa shape index (κ3) is 2.80. The van der Waals surface area contributed by atoms with Gasteiger partial charge in [-0.1, -0.05) is 11.6 Å². The van der Waals surface area contributed by atoms with Crippen molar-refractivity contribution in [1.82, 2.24) is 10.2 Å². The molecule has 2 saturated heterocycles. The highest BCUT2D eigenvalue weighted by Crippen LogP contribution is 2.30. The molecule has 2 N–H and O–H groups in total. The number of benzene rings is 1. The summed E-state index contributed by atoms with van der Waals surface area (Å²) in [5, 5.41) is 12.2. The van der Waals surface area contributed by atoms with Crippen LogP contribution < -0.4 is 10.2 Å². The average molecular weight is 352 g/mol. The highest BCUT2D eigenvalue weighted by atomic mass is 35.5. The number of hydrogen-bond acceptors (Lipinski definition) is 3. The molecule has 0 aromatic heterocycles. The molecule has 3 rings (SSSR count). The van der Waals surface area contributed by atoms with Gasteiger partial charge in [0, 0.05) is 31.4 Å². The number of rotatable bonds is 3. The first-order valence-corrected chi connectivity index (χ1v) is 8.16. The smallest absolute Gasteiger partial charge is 0.321 e. The predicted molar refractivity (Wildman–Crippen MR) is 88.4 cm³/mol. The van der Waals surface area contributed by atoms with Gasteiger partial charge in [-0.15, -0.1) is 0 Å². The third-order valence-electron chi connectivity index (χ3n) is 4.68. The van der Waals surface area contributed by atoms with Crippen LogP contribution >= 0.6 is 11.6 Å². The maximum Gasteiger partial charge on any atom is 0.321 e. The fourth-order valence-electron chi connectivity index (χ4n) is 3.27. The maximum atomic E-state index is 12.8. The maximum absolute atomic E-state index is 12.8. The molecule has 2 unspecified atom stereocenters. The first kappa shape index (κ1) is 16.6. The Hall–Kier alpha value is -2.28. The second-order valence-electron chi connectivity index (χ2n) is 6.02. The summed E-state index contributed by atoms with van der Waals surface area (Å²) in [7, 11) is 0. The van der Waals surface area contributed by atoms with E-state index < -0.39 is 17.9 Å². The molecule has 2 aliphatic heterocycles. The van der Waals surface area contributed by atoms with Gasteiger partial charge >= 0.3 is 12.0 Å². The van der Waals surface area contributed by atoms with Crippen LogP contribution in [0, 0.1) is 5.92 Å². The topological polar surface area (TPSA) is 89.9 Å². The van der Waals surface area contributed by atoms with E-state index in [4.69, 9.17) is 11.6 Å². The monoisotopic (exact) mass is 351 g/mol. The number of nitrogens with zero attached hydrogens (tertiary/aromatic N) is 2. The van der Waals surface area contributed by atoms with Crippen LogP contribution in [0.1, 0.15) is 23.7 Å². The number of halogens is 1. The third-order valence-corrected chi connectivity index (χ3v) is 5.01. The summed E-state index contributed by atoms with van der Waals surface area (Å²) in [4.78, 5) is 38.9. The fourth-order valence-corrected chi connectivity index (χ4v) is 3.47. The van der Waals surface area contributed by atoms with Crippen LogP contribution in [-0.4, -0.2) is 53.6 Å². The first-order valence-electron chi connectivity index (χ1n) is 7.79. The molecule has 2 heterocycles. The molecule has 3 amide bonds. The Morgan fingerprint density at radius 1 is 1.33 bits per heavy atom. The van der Waals surface area contributed by atoms with Gasteiger partial charge in [0.15, 0.2) is 0 Å². The summed E-state index contributed by atoms with van der Waals surface area (Å²) in [6, 6.07) is 4.26. The Kier molecular flexibility index (Phi) is 4.36. The number of carboxylic acids is 1. The zero-order chi connectivity index (χ0) is 17.4. The molecule has 128 valence electrons. The Morgan fingerprint density at radius 3 is 2.67 bits per heavy atom. The van der Waals surface area contributed by atoms with Gasteiger partial charge < -0.3 is 15.3 Å². The molecule has 0 bridgehead atoms. The van der Waals surface area contributed by atoms with Gasteiger partial charge in [0.2, 0.25) is 0 Å². The van der Waals surface area contributed by atoms with E-state index in [1.807, 2.05) is 0 Å². The zero-order valence-electron chi connectivity index (χ0n) is 13.2. The lowest BCUT2D eigenvalue weighted by Crippen LogP contribution is -2.38. The number of nitrogens with one attached hydrogen (secondary N) is 1. The summed E-state index contributed by atoms with van der Waals surface area (Å²) < 4.78 is 0. The SMILES string of the molecule is CC1C(C(=O)O)CCN1C(=O)c1cc(N2CCNC2=O)ccc1Cl. The lowest BCUT2D eigenvalue weighted by atomic mass is 10.0. The van der Waals surface area contributed by atoms with Crippen molar-refractivity contribution in [2.24, 2.45) is 5.92 Å². The first-order chi connectivity index (χ1) is 11.4. The van der Waals surface area contributed by atoms with E-state index in [0.29, 0.717) is 31.7 Å². The Balaban J connectivity index is 1.87. The summed E-state index contributed by atoms with van der Waals surface area (Å²) in [5.41, 5.74) is 0.881. The van der Waals surface area contributed by atoms with Gasteiger partial charge in [-0.3, -0.25) is 14.5 Å². The standard InChI is InChI=1S/C16H18ClN3O4/c1-9-11(15(22)23)4-6-19(9)14(21)12-8-10(2-3-13(12)17)20-7-5-18-16(20)24/h2-3,8-9,11H,4-7H2,1H3,(H,18,24)(H,22,23). The van der Waals surface area contributed by atoms with Crippen LogP contribution in [-0.2, 0) is 4.79 Å². The molecule has 0 radical (unpaired) electrons. The van der Waals surface area contributed by atoms with Gasteiger partial charge in [-0.2, -0.15) is 0 Å². The molecule has 8 heteroatoms. The minimum atomic E-state index is -0.897. The van der Waals surface area contributed by atoms with E-state index in [2.05, 4.69) is 5.32 Å². The minimum Gasteiger partial charge on any atom is -0.481 e. The van der Waals surface area contributed by atoms with Crippen molar-refractivity contribution in [3.8, 4) is 0 Å². The van der Waals surface area contributed by atoms with Gasteiger partial charge in [-0.05, 0) is 31.5 Å². The normalized spacial score (nSPS) is 23.5. The lowest BCUT2D eigenvalue weighted by Gasteiger charge is -2.24. The summed E-state index contributed by atoms with van der Waals surface area (Å²) in [6.07, 6.45) is 0.425. The molecule has 2 atom stereocenters. The van der Waals surface area contributed by atoms with Gasteiger partial charge in [0.25, 0.3) is 5.91 Å². The van der Waals surface area contributed by atoms with Crippen LogP contribution in [0.2, 0.25) is 5.02 Å². The molecule has 2 fully saturated rings. The zero-order valence-corrected chi connectivity index (χ0v) is 13.9. The molecule has 1 aromatic carbocycles. The van der Waals surface area contributed by atoms with Crippen molar-refractivity contribution in [2.75, 3.05) is 24.5 Å². The molecule has 1 aromatic rings. The van der Waals surface area contributed by atoms with E-state index in [9.17, 15) is 19.5 Å². The number of amides is 3. The van der Waals surface area contributed by atoms with Crippen molar-refractivity contribution in [3.63, 3.8) is 0 Å². The van der Waals surface area contributed by atoms with Gasteiger partial charge in [0.05, 0.1) is 16.5 Å². The fraction of sp³-hybridized carbons (Fsp3) is 0.438. The van der Waals surface area contributed by atoms with Crippen LogP contribution in [0.3, 0.4) is 0 Å². The molecule has 7 nitrogen and oxygen atoms in total. The largest absolute Gasteiger partial charge is 0.481 e. The molecule has 24 heavy (non-hydrogen) atoms. The highest BCUT2D eigenvalue weighted by molar-refractivity contribution is 6.34. The summed E-state index contributed by atoms with van der Waals surface area (Å²) in [5.74, 6) is -1.77. The van der Waals surface area contributed by atoms with Gasteiger partial charge in [0.1, 0.15) is 0 Å². The molecular formula is C16H18ClN3O4. The number of anilines is 1. The summed E-state index contributed by atoms with van der Waals surface area (Å²) >= 11 is 6.18. The Morgan fingerprint density at radius 2 is 2.08 bits per heavy atom. The van der Waals surface area contributed by atoms with Crippen LogP contribution in [0.4, 0.5) is 10.5 Å². The lowest BCUT2D eigenvalue weighted by molar-refractivity contribution is -0.142. The number of hydrogen-bond donors (Lipinski definition) is 2. The molecule has 2 aliphatic rings. The Labute approximate surface area is 144 Å². The Bertz CT molecular complexity index is 709. The van der Waals surface area contributed by atoms with E-state index >= 15 is 0 Å². The van der Waals surface area contributed by atoms with E-state index in [1.165, 1.54) is 4.90 Å². The van der Waals surface area contributed by atoms with Crippen molar-refractivity contribution in [3.05, 3.63) is 28.8 Å². The summed E-state index contributed by atoms with van der Waals surface area (Å²) in [6.45, 7) is 3.18. The number of urea groups is 1. The molecular weight excluding hydrogens is 334 g/mol. The quantitative estimate of drug-likeness (QED) is 0.869. The number of carboxylic acid groups (broad SMARTS) is 1. The second kappa shape index (κ2) is 6.32. The van der Waals surface area contributed by atoms with E-state index in [1.54, 1.807) is 30.0 Å². The predicted octanol–water partition coefficient (Wildman–Crippen LogP) is 1.80. The average Bonchev–Trinajstić information content (AvgIpc) is 3.13. The van der Waals surface area contributed by atoms with Crippen molar-refractivity contribution < 1.29 is 19.5 Å². The highest BCUT2D eigenvalue weighted by Gasteiger charge is 2.39. The van der Waals surface area contributed by atoms with Crippen molar-refractivity contribution in [2.45, 2.75) is 19.4 Å². The number of carbonyl (C=O) groups excluding carboxylic acids is 2. The number of aliphatic carboxylic acids is 1. The van der Waals surface area contributed by atoms with E-state index in [-0.39, 0.29) is 22.5 Å². The molecule has 0 aliphatic carbocycles. The number of likely N-dealkylation sites (tertiary alicyclic amines) is 1. The van der Waals surface area contributed by atoms with Crippen LogP contribution in [0.15, 0.2) is 18.2 Å². The van der Waals surface area contributed by atoms with Crippen LogP contribution in [0.25, 0.3) is 0 Å². The molecule has 0 saturated carbocycles. The second-order valence-corrected chi connectivity index (χ2v) is 6.43. The van der Waals surface area contributed by atoms with Crippen molar-refractivity contribution in [1.29, 1.82) is 0 Å². The van der Waals surface area contributed by atoms with Crippen LogP contribution in [0.5, 0.6) is 0 Å². The minimum absolute atomic E-state index is 0.212. The molecule has 0 spiro atoms.